The molecule has 6 heteroatoms. The van der Waals surface area contributed by atoms with Gasteiger partial charge in [-0.1, -0.05) is 29.8 Å². The number of hydrogen-bond acceptors (Lipinski definition) is 2. The van der Waals surface area contributed by atoms with Crippen LogP contribution in [0.2, 0.25) is 5.02 Å². The van der Waals surface area contributed by atoms with Crippen LogP contribution in [-0.4, -0.2) is 15.3 Å². The van der Waals surface area contributed by atoms with E-state index in [-0.39, 0.29) is 17.2 Å². The third-order valence-electron chi connectivity index (χ3n) is 2.82. The lowest BCUT2D eigenvalue weighted by Gasteiger charge is -2.05. The van der Waals surface area contributed by atoms with E-state index in [1.54, 1.807) is 24.3 Å². The number of aliphatic carboxylic acids is 1. The van der Waals surface area contributed by atoms with Crippen LogP contribution in [-0.2, 0) is 27.8 Å². The van der Waals surface area contributed by atoms with Crippen molar-refractivity contribution in [1.82, 2.24) is 0 Å². The summed E-state index contributed by atoms with van der Waals surface area (Å²) >= 11 is 5.68. The number of carbonyl (C=O) groups is 1. The molecule has 3 nitrogen and oxygen atoms in total. The lowest BCUT2D eigenvalue weighted by Crippen LogP contribution is -2.01. The molecule has 2 rings (SSSR count). The molecule has 0 aromatic heterocycles. The molecular formula is C15H12ClFO3S. The van der Waals surface area contributed by atoms with E-state index in [9.17, 15) is 13.4 Å². The summed E-state index contributed by atoms with van der Waals surface area (Å²) in [5, 5.41) is 8.69. The van der Waals surface area contributed by atoms with Crippen LogP contribution >= 0.6 is 11.6 Å². The van der Waals surface area contributed by atoms with E-state index in [1.165, 1.54) is 18.2 Å². The minimum atomic E-state index is -1.30. The van der Waals surface area contributed by atoms with Crippen molar-refractivity contribution in [2.75, 3.05) is 0 Å². The van der Waals surface area contributed by atoms with E-state index in [1.807, 2.05) is 0 Å². The van der Waals surface area contributed by atoms with E-state index in [4.69, 9.17) is 16.7 Å². The van der Waals surface area contributed by atoms with E-state index in [0.29, 0.717) is 16.0 Å². The lowest BCUT2D eigenvalue weighted by atomic mass is 10.2. The second-order valence-corrected chi connectivity index (χ2v) is 6.31. The molecule has 0 aliphatic carbocycles. The summed E-state index contributed by atoms with van der Waals surface area (Å²) in [7, 11) is -1.30. The zero-order valence-electron chi connectivity index (χ0n) is 10.9. The molecule has 0 heterocycles. The molecule has 0 saturated carbocycles. The van der Waals surface area contributed by atoms with Crippen LogP contribution in [0, 0.1) is 5.82 Å². The van der Waals surface area contributed by atoms with Crippen LogP contribution in [0.25, 0.3) is 0 Å². The van der Waals surface area contributed by atoms with Crippen molar-refractivity contribution in [3.63, 3.8) is 0 Å². The highest BCUT2D eigenvalue weighted by Gasteiger charge is 2.08. The van der Waals surface area contributed by atoms with Gasteiger partial charge >= 0.3 is 5.97 Å². The first kappa shape index (κ1) is 15.7. The molecule has 0 amide bonds. The average molecular weight is 327 g/mol. The van der Waals surface area contributed by atoms with Crippen molar-refractivity contribution >= 4 is 28.4 Å². The first-order valence-corrected chi connectivity index (χ1v) is 7.78. The SMILES string of the molecule is O=C(O)Cc1ccc(S(=O)Cc2ccc(F)c(Cl)c2)cc1. The Bertz CT molecular complexity index is 686. The summed E-state index contributed by atoms with van der Waals surface area (Å²) in [6.07, 6.45) is -0.0690. The van der Waals surface area contributed by atoms with Crippen molar-refractivity contribution in [3.8, 4) is 0 Å². The van der Waals surface area contributed by atoms with Crippen LogP contribution in [0.3, 0.4) is 0 Å². The van der Waals surface area contributed by atoms with Gasteiger partial charge < -0.3 is 5.11 Å². The zero-order valence-corrected chi connectivity index (χ0v) is 12.5. The summed E-state index contributed by atoms with van der Waals surface area (Å²) in [5.41, 5.74) is 1.32. The quantitative estimate of drug-likeness (QED) is 0.916. The Morgan fingerprint density at radius 3 is 2.33 bits per heavy atom. The predicted octanol–water partition coefficient (Wildman–Crippen LogP) is 3.41. The van der Waals surface area contributed by atoms with Crippen molar-refractivity contribution in [3.05, 3.63) is 64.4 Å². The maximum atomic E-state index is 13.1. The van der Waals surface area contributed by atoms with Crippen LogP contribution in [0.5, 0.6) is 0 Å². The normalized spacial score (nSPS) is 12.1. The van der Waals surface area contributed by atoms with Gasteiger partial charge in [0.25, 0.3) is 0 Å². The van der Waals surface area contributed by atoms with Gasteiger partial charge in [-0.15, -0.1) is 0 Å². The molecule has 0 aliphatic heterocycles. The van der Waals surface area contributed by atoms with Gasteiger partial charge in [0.05, 0.1) is 28.0 Å². The molecule has 0 fully saturated rings. The Kier molecular flexibility index (Phi) is 5.09. The van der Waals surface area contributed by atoms with Crippen LogP contribution < -0.4 is 0 Å². The Morgan fingerprint density at radius 2 is 1.76 bits per heavy atom. The lowest BCUT2D eigenvalue weighted by molar-refractivity contribution is -0.136. The molecule has 0 aliphatic rings. The first-order chi connectivity index (χ1) is 9.95. The standard InChI is InChI=1S/C15H12ClFO3S/c16-13-7-11(3-6-14(13)17)9-21(20)12-4-1-10(2-5-12)8-15(18)19/h1-7H,8-9H2,(H,18,19). The smallest absolute Gasteiger partial charge is 0.307 e. The Labute approximate surface area is 128 Å². The fourth-order valence-electron chi connectivity index (χ4n) is 1.80. The van der Waals surface area contributed by atoms with Gasteiger partial charge in [0.2, 0.25) is 0 Å². The monoisotopic (exact) mass is 326 g/mol. The summed E-state index contributed by atoms with van der Waals surface area (Å²) in [6.45, 7) is 0. The number of hydrogen-bond donors (Lipinski definition) is 1. The molecule has 1 N–H and O–H groups in total. The summed E-state index contributed by atoms with van der Waals surface area (Å²) in [5.74, 6) is -1.20. The average Bonchev–Trinajstić information content (AvgIpc) is 2.43. The molecule has 2 aromatic carbocycles. The number of carboxylic acid groups (broad SMARTS) is 1. The molecule has 0 saturated heterocycles. The fraction of sp³-hybridized carbons (Fsp3) is 0.133. The highest BCUT2D eigenvalue weighted by atomic mass is 35.5. The first-order valence-electron chi connectivity index (χ1n) is 6.09. The molecular weight excluding hydrogens is 315 g/mol. The maximum Gasteiger partial charge on any atom is 0.307 e. The number of carboxylic acids is 1. The highest BCUT2D eigenvalue weighted by molar-refractivity contribution is 7.84. The summed E-state index contributed by atoms with van der Waals surface area (Å²) in [4.78, 5) is 11.2. The molecule has 21 heavy (non-hydrogen) atoms. The van der Waals surface area contributed by atoms with Gasteiger partial charge in [0.1, 0.15) is 5.82 Å². The second-order valence-electron chi connectivity index (χ2n) is 4.45. The Morgan fingerprint density at radius 1 is 1.14 bits per heavy atom. The molecule has 0 radical (unpaired) electrons. The van der Waals surface area contributed by atoms with Crippen LogP contribution in [0.1, 0.15) is 11.1 Å². The van der Waals surface area contributed by atoms with Gasteiger partial charge in [0, 0.05) is 4.90 Å². The van der Waals surface area contributed by atoms with Gasteiger partial charge in [-0.2, -0.15) is 0 Å². The molecule has 0 spiro atoms. The maximum absolute atomic E-state index is 13.1. The number of halogens is 2. The van der Waals surface area contributed by atoms with Crippen molar-refractivity contribution in [1.29, 1.82) is 0 Å². The van der Waals surface area contributed by atoms with E-state index < -0.39 is 22.6 Å². The van der Waals surface area contributed by atoms with Crippen LogP contribution in [0.4, 0.5) is 4.39 Å². The van der Waals surface area contributed by atoms with Gasteiger partial charge in [-0.05, 0) is 35.4 Å². The third-order valence-corrected chi connectivity index (χ3v) is 4.51. The summed E-state index contributed by atoms with van der Waals surface area (Å²) in [6, 6.07) is 10.8. The van der Waals surface area contributed by atoms with Gasteiger partial charge in [0.15, 0.2) is 0 Å². The van der Waals surface area contributed by atoms with Gasteiger partial charge in [-0.25, -0.2) is 4.39 Å². The second kappa shape index (κ2) is 6.83. The molecule has 0 bridgehead atoms. The molecule has 1 unspecified atom stereocenters. The zero-order chi connectivity index (χ0) is 15.4. The minimum absolute atomic E-state index is 0.00121. The molecule has 2 aromatic rings. The minimum Gasteiger partial charge on any atom is -0.481 e. The predicted molar refractivity (Wildman–Crippen MR) is 79.3 cm³/mol. The largest absolute Gasteiger partial charge is 0.481 e. The number of rotatable bonds is 5. The van der Waals surface area contributed by atoms with Crippen LogP contribution in [0.15, 0.2) is 47.4 Å². The van der Waals surface area contributed by atoms with E-state index in [0.717, 1.165) is 0 Å². The fourth-order valence-corrected chi connectivity index (χ4v) is 3.09. The number of benzene rings is 2. The van der Waals surface area contributed by atoms with E-state index in [2.05, 4.69) is 0 Å². The van der Waals surface area contributed by atoms with Crippen molar-refractivity contribution in [2.45, 2.75) is 17.1 Å². The third kappa shape index (κ3) is 4.37. The highest BCUT2D eigenvalue weighted by Crippen LogP contribution is 2.19. The van der Waals surface area contributed by atoms with E-state index >= 15 is 0 Å². The Hall–Kier alpha value is -1.72. The Balaban J connectivity index is 2.09. The van der Waals surface area contributed by atoms with Gasteiger partial charge in [-0.3, -0.25) is 9.00 Å². The molecule has 110 valence electrons. The van der Waals surface area contributed by atoms with Crippen molar-refractivity contribution < 1.29 is 18.5 Å². The topological polar surface area (TPSA) is 54.4 Å². The summed E-state index contributed by atoms with van der Waals surface area (Å²) < 4.78 is 25.3. The van der Waals surface area contributed by atoms with Crippen molar-refractivity contribution in [2.24, 2.45) is 0 Å². The molecule has 1 atom stereocenters.